The Labute approximate surface area is 196 Å². The zero-order chi connectivity index (χ0) is 23.5. The summed E-state index contributed by atoms with van der Waals surface area (Å²) in [6, 6.07) is 22.9. The number of nitrogens with zero attached hydrogens (tertiary/aromatic N) is 3. The average Bonchev–Trinajstić information content (AvgIpc) is 2.89. The summed E-state index contributed by atoms with van der Waals surface area (Å²) in [5.74, 6) is 0.405. The van der Waals surface area contributed by atoms with E-state index in [1.54, 1.807) is 0 Å². The number of aliphatic imine (C=N–C) groups is 2. The SMILES string of the molecule is O=C(Nc1ccc(C2=NC(c3ccccc3)=N[C@@H]3C=CC=C[C@@H]23)cc1)c1ccc([N+](=O)[O-])cc1. The number of nitro benzene ring substituents is 1. The molecular weight excluding hydrogens is 428 g/mol. The third-order valence-electron chi connectivity index (χ3n) is 5.73. The van der Waals surface area contributed by atoms with E-state index in [-0.39, 0.29) is 23.6 Å². The van der Waals surface area contributed by atoms with Gasteiger partial charge >= 0.3 is 0 Å². The molecule has 7 nitrogen and oxygen atoms in total. The minimum absolute atomic E-state index is 0.0192. The first-order chi connectivity index (χ1) is 16.6. The van der Waals surface area contributed by atoms with Crippen LogP contribution in [0.2, 0.25) is 0 Å². The van der Waals surface area contributed by atoms with E-state index in [0.717, 1.165) is 16.8 Å². The van der Waals surface area contributed by atoms with Crippen LogP contribution in [0, 0.1) is 16.0 Å². The average molecular weight is 448 g/mol. The summed E-state index contributed by atoms with van der Waals surface area (Å²) in [4.78, 5) is 32.6. The minimum Gasteiger partial charge on any atom is -0.322 e. The van der Waals surface area contributed by atoms with Crippen LogP contribution in [-0.4, -0.2) is 28.4 Å². The first-order valence-corrected chi connectivity index (χ1v) is 10.8. The minimum atomic E-state index is -0.496. The molecule has 0 bridgehead atoms. The Morgan fingerprint density at radius 3 is 2.26 bits per heavy atom. The van der Waals surface area contributed by atoms with Gasteiger partial charge in [-0.1, -0.05) is 66.8 Å². The third-order valence-corrected chi connectivity index (χ3v) is 5.73. The van der Waals surface area contributed by atoms with Gasteiger partial charge in [-0.15, -0.1) is 0 Å². The Balaban J connectivity index is 1.38. The van der Waals surface area contributed by atoms with E-state index in [0.29, 0.717) is 17.1 Å². The first kappa shape index (κ1) is 21.2. The summed E-state index contributed by atoms with van der Waals surface area (Å²) in [7, 11) is 0. The molecule has 0 radical (unpaired) electrons. The number of non-ortho nitro benzene ring substituents is 1. The van der Waals surface area contributed by atoms with Crippen LogP contribution in [-0.2, 0) is 0 Å². The predicted molar refractivity (Wildman–Crippen MR) is 133 cm³/mol. The molecule has 0 saturated carbocycles. The Morgan fingerprint density at radius 1 is 0.853 bits per heavy atom. The van der Waals surface area contributed by atoms with Crippen molar-refractivity contribution in [2.45, 2.75) is 6.04 Å². The molecule has 0 aromatic heterocycles. The lowest BCUT2D eigenvalue weighted by molar-refractivity contribution is -0.384. The van der Waals surface area contributed by atoms with Crippen LogP contribution in [0.1, 0.15) is 21.5 Å². The number of rotatable bonds is 5. The Hall–Kier alpha value is -4.65. The number of carbonyl (C=O) groups excluding carboxylic acids is 1. The summed E-state index contributed by atoms with van der Waals surface area (Å²) >= 11 is 0. The fourth-order valence-electron chi connectivity index (χ4n) is 3.98. The first-order valence-electron chi connectivity index (χ1n) is 10.8. The molecule has 7 heteroatoms. The Kier molecular flexibility index (Phi) is 5.66. The van der Waals surface area contributed by atoms with Crippen molar-refractivity contribution < 1.29 is 9.72 Å². The number of hydrogen-bond donors (Lipinski definition) is 1. The second-order valence-corrected chi connectivity index (χ2v) is 7.94. The van der Waals surface area contributed by atoms with Crippen LogP contribution in [0.15, 0.2) is 113 Å². The molecule has 0 unspecified atom stereocenters. The number of nitrogens with one attached hydrogen (secondary N) is 1. The lowest BCUT2D eigenvalue weighted by Gasteiger charge is -2.27. The standard InChI is InChI=1S/C27H20N4O3/c32-27(20-12-16-22(17-13-20)31(33)34)28-21-14-10-18(11-15-21)25-23-8-4-5-9-24(23)29-26(30-25)19-6-2-1-3-7-19/h1-17,23-24H,(H,28,32)/t23-,24-/m1/s1. The molecule has 1 aliphatic heterocycles. The molecule has 1 N–H and O–H groups in total. The van der Waals surface area contributed by atoms with Crippen molar-refractivity contribution in [1.82, 2.24) is 0 Å². The van der Waals surface area contributed by atoms with E-state index in [4.69, 9.17) is 9.98 Å². The summed E-state index contributed by atoms with van der Waals surface area (Å²) < 4.78 is 0. The van der Waals surface area contributed by atoms with Gasteiger partial charge < -0.3 is 5.32 Å². The molecule has 3 aromatic carbocycles. The number of amides is 1. The number of fused-ring (bicyclic) bond motifs is 1. The van der Waals surface area contributed by atoms with Crippen molar-refractivity contribution >= 4 is 28.8 Å². The number of hydrogen-bond acceptors (Lipinski definition) is 5. The molecule has 0 spiro atoms. The van der Waals surface area contributed by atoms with Crippen molar-refractivity contribution in [3.05, 3.63) is 130 Å². The van der Waals surface area contributed by atoms with Crippen LogP contribution in [0.5, 0.6) is 0 Å². The van der Waals surface area contributed by atoms with Crippen molar-refractivity contribution in [1.29, 1.82) is 0 Å². The molecule has 1 heterocycles. The maximum Gasteiger partial charge on any atom is 0.269 e. The smallest absolute Gasteiger partial charge is 0.269 e. The fourth-order valence-corrected chi connectivity index (χ4v) is 3.98. The second kappa shape index (κ2) is 9.07. The monoisotopic (exact) mass is 448 g/mol. The summed E-state index contributed by atoms with van der Waals surface area (Å²) in [6.45, 7) is 0. The zero-order valence-corrected chi connectivity index (χ0v) is 18.0. The molecule has 0 fully saturated rings. The van der Waals surface area contributed by atoms with E-state index >= 15 is 0 Å². The van der Waals surface area contributed by atoms with E-state index < -0.39 is 4.92 Å². The van der Waals surface area contributed by atoms with Gasteiger partial charge in [0.15, 0.2) is 5.84 Å². The highest BCUT2D eigenvalue weighted by Gasteiger charge is 2.29. The van der Waals surface area contributed by atoms with Gasteiger partial charge in [-0.25, -0.2) is 4.99 Å². The van der Waals surface area contributed by atoms with Gasteiger partial charge in [0.1, 0.15) is 0 Å². The largest absolute Gasteiger partial charge is 0.322 e. The number of nitro groups is 1. The van der Waals surface area contributed by atoms with E-state index in [2.05, 4.69) is 17.5 Å². The van der Waals surface area contributed by atoms with Crippen LogP contribution in [0.3, 0.4) is 0 Å². The van der Waals surface area contributed by atoms with Crippen molar-refractivity contribution in [3.8, 4) is 0 Å². The summed E-state index contributed by atoms with van der Waals surface area (Å²) in [5.41, 5.74) is 3.75. The van der Waals surface area contributed by atoms with Gasteiger partial charge in [0, 0.05) is 34.9 Å². The molecule has 166 valence electrons. The number of allylic oxidation sites excluding steroid dienone is 2. The van der Waals surface area contributed by atoms with Crippen LogP contribution >= 0.6 is 0 Å². The molecule has 2 atom stereocenters. The number of anilines is 1. The summed E-state index contributed by atoms with van der Waals surface area (Å²) in [5, 5.41) is 13.6. The lowest BCUT2D eigenvalue weighted by atomic mass is 9.86. The van der Waals surface area contributed by atoms with Crippen molar-refractivity contribution in [3.63, 3.8) is 0 Å². The molecule has 2 aliphatic rings. The van der Waals surface area contributed by atoms with Crippen LogP contribution < -0.4 is 5.32 Å². The van der Waals surface area contributed by atoms with E-state index in [1.807, 2.05) is 66.7 Å². The van der Waals surface area contributed by atoms with Crippen LogP contribution in [0.4, 0.5) is 11.4 Å². The number of benzene rings is 3. The van der Waals surface area contributed by atoms with Crippen molar-refractivity contribution in [2.24, 2.45) is 15.9 Å². The normalized spacial score (nSPS) is 18.5. The van der Waals surface area contributed by atoms with Crippen LogP contribution in [0.25, 0.3) is 0 Å². The van der Waals surface area contributed by atoms with E-state index in [1.165, 1.54) is 24.3 Å². The van der Waals surface area contributed by atoms with Crippen molar-refractivity contribution in [2.75, 3.05) is 5.32 Å². The third kappa shape index (κ3) is 4.31. The summed E-state index contributed by atoms with van der Waals surface area (Å²) in [6.07, 6.45) is 8.21. The highest BCUT2D eigenvalue weighted by Crippen LogP contribution is 2.28. The zero-order valence-electron chi connectivity index (χ0n) is 18.0. The second-order valence-electron chi connectivity index (χ2n) is 7.94. The number of amidine groups is 1. The molecule has 5 rings (SSSR count). The topological polar surface area (TPSA) is 97.0 Å². The molecule has 3 aromatic rings. The predicted octanol–water partition coefficient (Wildman–Crippen LogP) is 5.21. The van der Waals surface area contributed by atoms with Gasteiger partial charge in [-0.2, -0.15) is 0 Å². The number of carbonyl (C=O) groups is 1. The van der Waals surface area contributed by atoms with Gasteiger partial charge in [0.2, 0.25) is 0 Å². The van der Waals surface area contributed by atoms with Gasteiger partial charge in [-0.05, 0) is 29.8 Å². The highest BCUT2D eigenvalue weighted by atomic mass is 16.6. The Morgan fingerprint density at radius 2 is 1.56 bits per heavy atom. The molecular formula is C27H20N4O3. The molecule has 34 heavy (non-hydrogen) atoms. The molecule has 0 saturated heterocycles. The molecule has 1 amide bonds. The quantitative estimate of drug-likeness (QED) is 0.429. The lowest BCUT2D eigenvalue weighted by Crippen LogP contribution is -2.31. The van der Waals surface area contributed by atoms with Gasteiger partial charge in [0.25, 0.3) is 11.6 Å². The van der Waals surface area contributed by atoms with E-state index in [9.17, 15) is 14.9 Å². The maximum atomic E-state index is 12.5. The Bertz CT molecular complexity index is 1360. The highest BCUT2D eigenvalue weighted by molar-refractivity contribution is 6.16. The van der Waals surface area contributed by atoms with Gasteiger partial charge in [0.05, 0.1) is 16.7 Å². The van der Waals surface area contributed by atoms with Gasteiger partial charge in [-0.3, -0.25) is 19.9 Å². The molecule has 1 aliphatic carbocycles. The fraction of sp³-hybridized carbons (Fsp3) is 0.0741. The maximum absolute atomic E-state index is 12.5.